The van der Waals surface area contributed by atoms with Gasteiger partial charge in [0.05, 0.1) is 12.9 Å². The van der Waals surface area contributed by atoms with Crippen LogP contribution in [0.15, 0.2) is 12.3 Å². The Labute approximate surface area is 139 Å². The molecule has 0 bridgehead atoms. The van der Waals surface area contributed by atoms with E-state index >= 15 is 0 Å². The van der Waals surface area contributed by atoms with Gasteiger partial charge in [-0.1, -0.05) is 20.8 Å². The average Bonchev–Trinajstić information content (AvgIpc) is 2.36. The molecule has 0 saturated carbocycles. The minimum Gasteiger partial charge on any atom is -0.492 e. The fourth-order valence-electron chi connectivity index (χ4n) is 1.90. The van der Waals surface area contributed by atoms with Gasteiger partial charge in [0.15, 0.2) is 26.6 Å². The average molecular weight is 344 g/mol. The Kier molecular flexibility index (Phi) is 6.41. The lowest BCUT2D eigenvalue weighted by molar-refractivity contribution is -0.175. The molecular weight excluding hydrogens is 316 g/mol. The smallest absolute Gasteiger partial charge is 0.303 e. The van der Waals surface area contributed by atoms with E-state index in [-0.39, 0.29) is 11.6 Å². The van der Waals surface area contributed by atoms with E-state index in [4.69, 9.17) is 18.6 Å². The summed E-state index contributed by atoms with van der Waals surface area (Å²) >= 11 is 0. The van der Waals surface area contributed by atoms with Gasteiger partial charge >= 0.3 is 11.9 Å². The Balaban J connectivity index is 2.84. The van der Waals surface area contributed by atoms with Gasteiger partial charge in [0.2, 0.25) is 0 Å². The zero-order valence-corrected chi connectivity index (χ0v) is 16.0. The number of carbonyl (C=O) groups is 2. The zero-order chi connectivity index (χ0) is 17.8. The van der Waals surface area contributed by atoms with Crippen LogP contribution in [0.4, 0.5) is 0 Å². The normalized spacial score (nSPS) is 24.7. The molecule has 23 heavy (non-hydrogen) atoms. The molecule has 1 rings (SSSR count). The molecule has 7 heteroatoms. The molecule has 0 aromatic carbocycles. The van der Waals surface area contributed by atoms with E-state index in [1.165, 1.54) is 20.1 Å². The lowest BCUT2D eigenvalue weighted by Gasteiger charge is -2.39. The van der Waals surface area contributed by atoms with Gasteiger partial charge in [-0.25, -0.2) is 0 Å². The van der Waals surface area contributed by atoms with Gasteiger partial charge in [0, 0.05) is 13.8 Å². The van der Waals surface area contributed by atoms with Crippen LogP contribution in [0.1, 0.15) is 34.6 Å². The van der Waals surface area contributed by atoms with Crippen molar-refractivity contribution in [2.45, 2.75) is 71.1 Å². The number of hydrogen-bond acceptors (Lipinski definition) is 6. The van der Waals surface area contributed by atoms with Crippen LogP contribution in [0, 0.1) is 0 Å². The number of hydrogen-bond donors (Lipinski definition) is 0. The maximum Gasteiger partial charge on any atom is 0.303 e. The van der Waals surface area contributed by atoms with Crippen molar-refractivity contribution in [1.82, 2.24) is 0 Å². The van der Waals surface area contributed by atoms with E-state index in [9.17, 15) is 9.59 Å². The second-order valence-electron chi connectivity index (χ2n) is 7.22. The van der Waals surface area contributed by atoms with E-state index in [1.54, 1.807) is 6.08 Å². The molecular formula is C16H28O6Si. The number of rotatable bonds is 5. The van der Waals surface area contributed by atoms with E-state index in [0.717, 1.165) is 0 Å². The highest BCUT2D eigenvalue weighted by molar-refractivity contribution is 6.74. The Morgan fingerprint density at radius 2 is 1.70 bits per heavy atom. The first-order valence-corrected chi connectivity index (χ1v) is 10.7. The van der Waals surface area contributed by atoms with Gasteiger partial charge in [0.1, 0.15) is 0 Å². The van der Waals surface area contributed by atoms with Crippen LogP contribution >= 0.6 is 0 Å². The van der Waals surface area contributed by atoms with Crippen LogP contribution in [0.3, 0.4) is 0 Å². The summed E-state index contributed by atoms with van der Waals surface area (Å²) in [6.45, 7) is 13.6. The molecule has 0 saturated heterocycles. The van der Waals surface area contributed by atoms with Gasteiger partial charge < -0.3 is 18.6 Å². The van der Waals surface area contributed by atoms with Gasteiger partial charge in [-0.15, -0.1) is 0 Å². The molecule has 0 amide bonds. The van der Waals surface area contributed by atoms with Crippen LogP contribution in [0.25, 0.3) is 0 Å². The van der Waals surface area contributed by atoms with Crippen LogP contribution < -0.4 is 0 Å². The lowest BCUT2D eigenvalue weighted by atomic mass is 10.1. The summed E-state index contributed by atoms with van der Waals surface area (Å²) < 4.78 is 22.2. The standard InChI is InChI=1S/C16H28O6Si/c1-11(17)21-13-8-9-19-14(15(13)22-12(2)18)10-20-23(6,7)16(3,4)5/h8-9,13-15H,10H2,1-7H3. The monoisotopic (exact) mass is 344 g/mol. The molecule has 1 aliphatic heterocycles. The third-order valence-electron chi connectivity index (χ3n) is 4.23. The highest BCUT2D eigenvalue weighted by atomic mass is 28.4. The van der Waals surface area contributed by atoms with Crippen molar-refractivity contribution in [3.63, 3.8) is 0 Å². The molecule has 132 valence electrons. The largest absolute Gasteiger partial charge is 0.492 e. The molecule has 6 nitrogen and oxygen atoms in total. The summed E-state index contributed by atoms with van der Waals surface area (Å²) in [7, 11) is -1.96. The lowest BCUT2D eigenvalue weighted by Crippen LogP contribution is -2.50. The van der Waals surface area contributed by atoms with E-state index in [0.29, 0.717) is 0 Å². The van der Waals surface area contributed by atoms with Gasteiger partial charge in [-0.05, 0) is 24.2 Å². The topological polar surface area (TPSA) is 71.1 Å². The minimum absolute atomic E-state index is 0.0592. The molecule has 1 aliphatic rings. The Morgan fingerprint density at radius 3 is 2.17 bits per heavy atom. The SMILES string of the molecule is CC(=O)OC1C=COC(CO[Si](C)(C)C(C)(C)C)C1OC(C)=O. The summed E-state index contributed by atoms with van der Waals surface area (Å²) in [6.07, 6.45) is 1.14. The molecule has 3 atom stereocenters. The van der Waals surface area contributed by atoms with Crippen molar-refractivity contribution >= 4 is 20.3 Å². The van der Waals surface area contributed by atoms with E-state index in [2.05, 4.69) is 33.9 Å². The second kappa shape index (κ2) is 7.48. The van der Waals surface area contributed by atoms with Crippen LogP contribution in [0.2, 0.25) is 18.1 Å². The Bertz CT molecular complexity index is 466. The first-order chi connectivity index (χ1) is 10.4. The van der Waals surface area contributed by atoms with Crippen LogP contribution in [-0.2, 0) is 28.2 Å². The fraction of sp³-hybridized carbons (Fsp3) is 0.750. The van der Waals surface area contributed by atoms with Crippen LogP contribution in [0.5, 0.6) is 0 Å². The van der Waals surface area contributed by atoms with Crippen molar-refractivity contribution < 1.29 is 28.2 Å². The van der Waals surface area contributed by atoms with Crippen molar-refractivity contribution in [1.29, 1.82) is 0 Å². The van der Waals surface area contributed by atoms with E-state index < -0.39 is 38.6 Å². The third-order valence-corrected chi connectivity index (χ3v) is 8.73. The van der Waals surface area contributed by atoms with Gasteiger partial charge in [0.25, 0.3) is 0 Å². The molecule has 0 fully saturated rings. The second-order valence-corrected chi connectivity index (χ2v) is 12.0. The number of carbonyl (C=O) groups excluding carboxylic acids is 2. The summed E-state index contributed by atoms with van der Waals surface area (Å²) in [4.78, 5) is 22.6. The molecule has 1 heterocycles. The van der Waals surface area contributed by atoms with Crippen molar-refractivity contribution in [3.8, 4) is 0 Å². The summed E-state index contributed by atoms with van der Waals surface area (Å²) in [5.41, 5.74) is 0. The third kappa shape index (κ3) is 5.66. The quantitative estimate of drug-likeness (QED) is 0.564. The van der Waals surface area contributed by atoms with Crippen LogP contribution in [-0.4, -0.2) is 45.2 Å². The van der Waals surface area contributed by atoms with Crippen molar-refractivity contribution in [3.05, 3.63) is 12.3 Å². The molecule has 0 N–H and O–H groups in total. The molecule has 0 radical (unpaired) electrons. The van der Waals surface area contributed by atoms with Crippen molar-refractivity contribution in [2.75, 3.05) is 6.61 Å². The summed E-state index contributed by atoms with van der Waals surface area (Å²) in [5, 5.41) is 0.0592. The summed E-state index contributed by atoms with van der Waals surface area (Å²) in [6, 6.07) is 0. The molecule has 0 aromatic heterocycles. The fourth-order valence-corrected chi connectivity index (χ4v) is 2.91. The molecule has 3 unspecified atom stereocenters. The predicted octanol–water partition coefficient (Wildman–Crippen LogP) is 2.78. The van der Waals surface area contributed by atoms with E-state index in [1.807, 2.05) is 0 Å². The maximum atomic E-state index is 11.4. The van der Waals surface area contributed by atoms with Gasteiger partial charge in [-0.2, -0.15) is 0 Å². The highest BCUT2D eigenvalue weighted by Crippen LogP contribution is 2.37. The first kappa shape index (κ1) is 19.7. The zero-order valence-electron chi connectivity index (χ0n) is 15.0. The Hall–Kier alpha value is -1.34. The number of esters is 2. The van der Waals surface area contributed by atoms with Gasteiger partial charge in [-0.3, -0.25) is 9.59 Å². The minimum atomic E-state index is -1.96. The molecule has 0 aliphatic carbocycles. The maximum absolute atomic E-state index is 11.4. The highest BCUT2D eigenvalue weighted by Gasteiger charge is 2.41. The Morgan fingerprint density at radius 1 is 1.13 bits per heavy atom. The summed E-state index contributed by atoms with van der Waals surface area (Å²) in [5.74, 6) is -0.897. The first-order valence-electron chi connectivity index (χ1n) is 7.74. The van der Waals surface area contributed by atoms with Crippen molar-refractivity contribution in [2.24, 2.45) is 0 Å². The number of ether oxygens (including phenoxy) is 3. The molecule has 0 aromatic rings. The predicted molar refractivity (Wildman–Crippen MR) is 88.3 cm³/mol. The molecule has 0 spiro atoms.